The molecule has 2 aromatic heterocycles. The Kier molecular flexibility index (Phi) is 6.80. The van der Waals surface area contributed by atoms with Crippen molar-refractivity contribution in [1.82, 2.24) is 0 Å². The van der Waals surface area contributed by atoms with E-state index >= 15 is 0 Å². The van der Waals surface area contributed by atoms with Gasteiger partial charge < -0.3 is 10.2 Å². The van der Waals surface area contributed by atoms with Gasteiger partial charge in [-0.05, 0) is 56.1 Å². The second kappa shape index (κ2) is 9.67. The van der Waals surface area contributed by atoms with Crippen LogP contribution in [0.25, 0.3) is 20.2 Å². The van der Waals surface area contributed by atoms with Gasteiger partial charge in [-0.2, -0.15) is 0 Å². The minimum atomic E-state index is -0.998. The quantitative estimate of drug-likeness (QED) is 0.191. The average molecular weight is 652 g/mol. The van der Waals surface area contributed by atoms with Gasteiger partial charge in [0.25, 0.3) is 0 Å². The van der Waals surface area contributed by atoms with Crippen LogP contribution in [0.3, 0.4) is 0 Å². The first-order valence-electron chi connectivity index (χ1n) is 9.68. The van der Waals surface area contributed by atoms with Crippen molar-refractivity contribution in [2.45, 2.75) is 19.6 Å². The predicted octanol–water partition coefficient (Wildman–Crippen LogP) is 9.34. The second-order valence-corrected chi connectivity index (χ2v) is 12.9. The summed E-state index contributed by atoms with van der Waals surface area (Å²) in [4.78, 5) is 27.9. The van der Waals surface area contributed by atoms with E-state index in [1.165, 1.54) is 46.2 Å². The summed E-state index contributed by atoms with van der Waals surface area (Å²) < 4.78 is 3.34. The molecule has 2 N–H and O–H groups in total. The number of rotatable bonds is 6. The Bertz CT molecular complexity index is 1490. The smallest absolute Gasteiger partial charge is 0.347 e. The Morgan fingerprint density at radius 3 is 1.38 bits per heavy atom. The normalized spacial score (nSPS) is 11.4. The summed E-state index contributed by atoms with van der Waals surface area (Å²) in [6.07, 6.45) is 0. The largest absolute Gasteiger partial charge is 0.477 e. The van der Waals surface area contributed by atoms with E-state index in [-0.39, 0.29) is 9.75 Å². The van der Waals surface area contributed by atoms with Crippen LogP contribution in [-0.4, -0.2) is 22.2 Å². The van der Waals surface area contributed by atoms with Crippen LogP contribution in [0.5, 0.6) is 0 Å². The van der Waals surface area contributed by atoms with Crippen molar-refractivity contribution < 1.29 is 19.8 Å². The molecule has 0 saturated carbocycles. The monoisotopic (exact) mass is 650 g/mol. The summed E-state index contributed by atoms with van der Waals surface area (Å²) >= 11 is 12.3. The molecule has 0 unspecified atom stereocenters. The molecule has 0 aliphatic rings. The van der Waals surface area contributed by atoms with Crippen molar-refractivity contribution in [2.75, 3.05) is 0 Å². The summed E-state index contributed by atoms with van der Waals surface area (Å²) in [6, 6.07) is 19.1. The Labute approximate surface area is 227 Å². The lowest BCUT2D eigenvalue weighted by Gasteiger charge is -2.06. The molecular formula is C24H12Br2O4S4. The number of carboxylic acids is 2. The molecule has 0 radical (unpaired) electrons. The number of benzene rings is 3. The summed E-state index contributed by atoms with van der Waals surface area (Å²) in [7, 11) is 0. The maximum absolute atomic E-state index is 12.1. The van der Waals surface area contributed by atoms with E-state index in [4.69, 9.17) is 0 Å². The van der Waals surface area contributed by atoms with Crippen LogP contribution in [0.1, 0.15) is 19.3 Å². The number of fused-ring (bicyclic) bond motifs is 3. The lowest BCUT2D eigenvalue weighted by Crippen LogP contribution is -1.93. The van der Waals surface area contributed by atoms with E-state index in [2.05, 4.69) is 31.9 Å². The van der Waals surface area contributed by atoms with Crippen LogP contribution in [0, 0.1) is 0 Å². The fourth-order valence-electron chi connectivity index (χ4n) is 3.42. The highest BCUT2D eigenvalue weighted by Crippen LogP contribution is 2.50. The molecule has 4 nitrogen and oxygen atoms in total. The average Bonchev–Trinajstić information content (AvgIpc) is 3.36. The number of halogens is 2. The fourth-order valence-corrected chi connectivity index (χ4v) is 9.30. The standard InChI is InChI=1S/C24H12Br2O4S4/c25-13-5-1-3-7-15(13)31-19-11-9-10-12-18(17(11)33-21(19)23(27)28)34-22(24(29)30)20(12)32-16-8-4-2-6-14(16)26/h1-10H,(H,27,28)(H,29,30). The van der Waals surface area contributed by atoms with Gasteiger partial charge in [0, 0.05) is 39.3 Å². The molecule has 0 aliphatic carbocycles. The third-order valence-electron chi connectivity index (χ3n) is 4.91. The van der Waals surface area contributed by atoms with Gasteiger partial charge in [0.05, 0.1) is 9.40 Å². The van der Waals surface area contributed by atoms with E-state index < -0.39 is 11.9 Å². The lowest BCUT2D eigenvalue weighted by atomic mass is 10.2. The van der Waals surface area contributed by atoms with Crippen molar-refractivity contribution in [3.8, 4) is 0 Å². The van der Waals surface area contributed by atoms with Crippen LogP contribution in [0.4, 0.5) is 0 Å². The Morgan fingerprint density at radius 1 is 0.647 bits per heavy atom. The zero-order chi connectivity index (χ0) is 24.0. The topological polar surface area (TPSA) is 74.6 Å². The molecule has 0 saturated heterocycles. The van der Waals surface area contributed by atoms with Gasteiger partial charge in [0.15, 0.2) is 0 Å². The van der Waals surface area contributed by atoms with E-state index in [0.29, 0.717) is 9.79 Å². The van der Waals surface area contributed by atoms with E-state index in [9.17, 15) is 19.8 Å². The molecule has 10 heteroatoms. The van der Waals surface area contributed by atoms with Gasteiger partial charge >= 0.3 is 11.9 Å². The molecule has 0 fully saturated rings. The first kappa shape index (κ1) is 23.9. The Balaban J connectivity index is 1.73. The maximum Gasteiger partial charge on any atom is 0.347 e. The Morgan fingerprint density at radius 2 is 1.03 bits per heavy atom. The first-order chi connectivity index (χ1) is 16.3. The molecular weight excluding hydrogens is 640 g/mol. The van der Waals surface area contributed by atoms with Crippen molar-refractivity contribution >= 4 is 110 Å². The van der Waals surface area contributed by atoms with Gasteiger partial charge in [-0.15, -0.1) is 22.7 Å². The van der Waals surface area contributed by atoms with Crippen molar-refractivity contribution in [3.05, 3.63) is 79.4 Å². The molecule has 3 aromatic carbocycles. The predicted molar refractivity (Wildman–Crippen MR) is 148 cm³/mol. The molecule has 2 heterocycles. The molecule has 0 atom stereocenters. The van der Waals surface area contributed by atoms with Crippen LogP contribution in [-0.2, 0) is 0 Å². The van der Waals surface area contributed by atoms with Gasteiger partial charge in [0.2, 0.25) is 0 Å². The minimum absolute atomic E-state index is 0.244. The number of aromatic carboxylic acids is 2. The van der Waals surface area contributed by atoms with Gasteiger partial charge in [0.1, 0.15) is 9.75 Å². The molecule has 5 aromatic rings. The summed E-state index contributed by atoms with van der Waals surface area (Å²) in [5.41, 5.74) is 0. The molecule has 0 aliphatic heterocycles. The third-order valence-corrected chi connectivity index (χ3v) is 12.0. The fraction of sp³-hybridized carbons (Fsp3) is 0. The molecule has 170 valence electrons. The second-order valence-electron chi connectivity index (χ2n) is 7.01. The van der Waals surface area contributed by atoms with Gasteiger partial charge in [-0.3, -0.25) is 0 Å². The van der Waals surface area contributed by atoms with E-state index in [1.54, 1.807) is 0 Å². The summed E-state index contributed by atoms with van der Waals surface area (Å²) in [6.45, 7) is 0. The van der Waals surface area contributed by atoms with Crippen molar-refractivity contribution in [3.63, 3.8) is 0 Å². The lowest BCUT2D eigenvalue weighted by molar-refractivity contribution is 0.0688. The van der Waals surface area contributed by atoms with E-state index in [1.807, 2.05) is 60.7 Å². The molecule has 5 rings (SSSR count). The number of hydrogen-bond acceptors (Lipinski definition) is 6. The molecule has 34 heavy (non-hydrogen) atoms. The molecule has 0 spiro atoms. The van der Waals surface area contributed by atoms with Gasteiger partial charge in [-0.25, -0.2) is 9.59 Å². The summed E-state index contributed by atoms with van der Waals surface area (Å²) in [5, 5.41) is 21.5. The number of thiophene rings is 2. The highest BCUT2D eigenvalue weighted by molar-refractivity contribution is 9.10. The molecule has 0 amide bonds. The zero-order valence-electron chi connectivity index (χ0n) is 16.9. The zero-order valence-corrected chi connectivity index (χ0v) is 23.3. The van der Waals surface area contributed by atoms with Crippen LogP contribution >= 0.6 is 78.1 Å². The number of carboxylic acid groups (broad SMARTS) is 2. The highest BCUT2D eigenvalue weighted by atomic mass is 79.9. The van der Waals surface area contributed by atoms with Crippen LogP contribution in [0.2, 0.25) is 0 Å². The summed E-state index contributed by atoms with van der Waals surface area (Å²) in [5.74, 6) is -2.00. The van der Waals surface area contributed by atoms with Crippen LogP contribution in [0.15, 0.2) is 89.2 Å². The van der Waals surface area contributed by atoms with E-state index in [0.717, 1.165) is 38.9 Å². The SMILES string of the molecule is O=C(O)c1sc2c(ccc3c(Sc4ccccc4Br)c(C(=O)O)sc32)c1Sc1ccccc1Br. The minimum Gasteiger partial charge on any atom is -0.477 e. The third kappa shape index (κ3) is 4.31. The number of hydrogen-bond donors (Lipinski definition) is 2. The first-order valence-corrected chi connectivity index (χ1v) is 14.5. The highest BCUT2D eigenvalue weighted by Gasteiger charge is 2.25. The van der Waals surface area contributed by atoms with Crippen LogP contribution < -0.4 is 0 Å². The number of carbonyl (C=O) groups is 2. The molecule has 0 bridgehead atoms. The Hall–Kier alpha value is -1.82. The van der Waals surface area contributed by atoms with Gasteiger partial charge in [-0.1, -0.05) is 59.9 Å². The maximum atomic E-state index is 12.1. The van der Waals surface area contributed by atoms with Crippen molar-refractivity contribution in [1.29, 1.82) is 0 Å². The van der Waals surface area contributed by atoms with Crippen molar-refractivity contribution in [2.24, 2.45) is 0 Å².